The SMILES string of the molecule is CCn1cc(-c2cc(C(F)F)nc3sc(C(N)=O)c(NC(=O)Cn4nc(C(F)F)c(Cl)c4C(F)F)c23)c(C)n1. The van der Waals surface area contributed by atoms with Crippen molar-refractivity contribution in [2.75, 3.05) is 5.32 Å². The molecule has 0 saturated heterocycles. The Kier molecular flexibility index (Phi) is 7.88. The van der Waals surface area contributed by atoms with Crippen molar-refractivity contribution in [3.05, 3.63) is 44.9 Å². The molecule has 2 amide bonds. The predicted octanol–water partition coefficient (Wildman–Crippen LogP) is 5.89. The number of fused-ring (bicyclic) bond motifs is 1. The molecule has 0 atom stereocenters. The third kappa shape index (κ3) is 5.30. The number of thiophene rings is 1. The molecule has 4 aromatic heterocycles. The number of alkyl halides is 6. The summed E-state index contributed by atoms with van der Waals surface area (Å²) in [5, 5.41) is 9.10. The number of carbonyl (C=O) groups is 2. The maximum Gasteiger partial charge on any atom is 0.283 e. The van der Waals surface area contributed by atoms with E-state index in [-0.39, 0.29) is 26.3 Å². The van der Waals surface area contributed by atoms with E-state index in [1.807, 2.05) is 0 Å². The second-order valence-corrected chi connectivity index (χ2v) is 9.50. The minimum atomic E-state index is -3.34. The molecule has 0 aliphatic heterocycles. The first-order valence-corrected chi connectivity index (χ1v) is 12.2. The lowest BCUT2D eigenvalue weighted by Gasteiger charge is -2.11. The summed E-state index contributed by atoms with van der Waals surface area (Å²) in [4.78, 5) is 28.8. The molecule has 0 unspecified atom stereocenters. The van der Waals surface area contributed by atoms with Gasteiger partial charge in [0.15, 0.2) is 0 Å². The molecule has 4 aromatic rings. The average molecular weight is 594 g/mol. The van der Waals surface area contributed by atoms with E-state index in [1.165, 1.54) is 0 Å². The van der Waals surface area contributed by atoms with E-state index < -0.39 is 59.7 Å². The highest BCUT2D eigenvalue weighted by atomic mass is 35.5. The van der Waals surface area contributed by atoms with E-state index in [9.17, 15) is 35.9 Å². The molecule has 0 fully saturated rings. The van der Waals surface area contributed by atoms with Gasteiger partial charge in [-0.3, -0.25) is 19.0 Å². The maximum atomic E-state index is 13.7. The van der Waals surface area contributed by atoms with Crippen molar-refractivity contribution in [3.8, 4) is 11.1 Å². The van der Waals surface area contributed by atoms with Crippen LogP contribution in [0, 0.1) is 6.92 Å². The van der Waals surface area contributed by atoms with Gasteiger partial charge < -0.3 is 11.1 Å². The summed E-state index contributed by atoms with van der Waals surface area (Å²) in [6, 6.07) is 1.08. The summed E-state index contributed by atoms with van der Waals surface area (Å²) in [5.41, 5.74) is 3.42. The van der Waals surface area contributed by atoms with Gasteiger partial charge in [0.05, 0.1) is 16.4 Å². The third-order valence-electron chi connectivity index (χ3n) is 5.62. The molecule has 39 heavy (non-hydrogen) atoms. The van der Waals surface area contributed by atoms with Crippen molar-refractivity contribution < 1.29 is 35.9 Å². The van der Waals surface area contributed by atoms with E-state index in [0.29, 0.717) is 33.8 Å². The number of nitrogens with zero attached hydrogens (tertiary/aromatic N) is 5. The van der Waals surface area contributed by atoms with Gasteiger partial charge in [0.1, 0.15) is 33.3 Å². The zero-order chi connectivity index (χ0) is 28.8. The Morgan fingerprint density at radius 1 is 1.10 bits per heavy atom. The van der Waals surface area contributed by atoms with Crippen molar-refractivity contribution in [3.63, 3.8) is 0 Å². The predicted molar refractivity (Wildman–Crippen MR) is 131 cm³/mol. The van der Waals surface area contributed by atoms with Crippen LogP contribution in [0.3, 0.4) is 0 Å². The van der Waals surface area contributed by atoms with E-state index >= 15 is 0 Å². The Morgan fingerprint density at radius 2 is 1.79 bits per heavy atom. The van der Waals surface area contributed by atoms with Crippen molar-refractivity contribution in [1.29, 1.82) is 0 Å². The van der Waals surface area contributed by atoms with Crippen molar-refractivity contribution in [2.45, 2.75) is 46.2 Å². The van der Waals surface area contributed by atoms with Crippen LogP contribution in [-0.2, 0) is 17.9 Å². The molecular weight excluding hydrogens is 576 g/mol. The van der Waals surface area contributed by atoms with Gasteiger partial charge in [-0.15, -0.1) is 11.3 Å². The molecule has 4 rings (SSSR count). The minimum Gasteiger partial charge on any atom is -0.365 e. The number of pyridine rings is 1. The molecule has 4 heterocycles. The van der Waals surface area contributed by atoms with Crippen LogP contribution in [0.2, 0.25) is 5.02 Å². The number of anilines is 1. The number of amides is 2. The Hall–Kier alpha value is -3.66. The molecule has 9 nitrogen and oxygen atoms in total. The number of aromatic nitrogens is 5. The summed E-state index contributed by atoms with van der Waals surface area (Å²) < 4.78 is 82.7. The number of hydrogen-bond donors (Lipinski definition) is 2. The summed E-state index contributed by atoms with van der Waals surface area (Å²) in [5.74, 6) is -2.10. The zero-order valence-electron chi connectivity index (χ0n) is 20.0. The van der Waals surface area contributed by atoms with E-state index in [2.05, 4.69) is 20.5 Å². The van der Waals surface area contributed by atoms with Crippen molar-refractivity contribution >= 4 is 50.7 Å². The standard InChI is InChI=1S/C22H18ClF6N7O2S/c1-3-35-5-9(7(2)33-35)8-4-10(18(24)25)31-22-12(8)14(17(39-22)21(30)38)32-11(37)6-36-16(20(28)29)13(23)15(34-36)19(26)27/h4-5,18-20H,3,6H2,1-2H3,(H2,30,38)(H,32,37). The van der Waals surface area contributed by atoms with Gasteiger partial charge in [0.2, 0.25) is 5.91 Å². The van der Waals surface area contributed by atoms with Crippen LogP contribution >= 0.6 is 22.9 Å². The monoisotopic (exact) mass is 593 g/mol. The highest BCUT2D eigenvalue weighted by Crippen LogP contribution is 2.43. The van der Waals surface area contributed by atoms with Crippen LogP contribution in [0.5, 0.6) is 0 Å². The van der Waals surface area contributed by atoms with Gasteiger partial charge in [0, 0.05) is 23.7 Å². The normalized spacial score (nSPS) is 11.9. The number of nitrogens with two attached hydrogens (primary N) is 1. The van der Waals surface area contributed by atoms with Crippen molar-refractivity contribution in [1.82, 2.24) is 24.5 Å². The Bertz CT molecular complexity index is 1580. The average Bonchev–Trinajstić information content (AvgIpc) is 3.51. The topological polar surface area (TPSA) is 121 Å². The molecule has 3 N–H and O–H groups in total. The molecule has 17 heteroatoms. The number of halogens is 7. The number of aryl methyl sites for hydroxylation is 2. The van der Waals surface area contributed by atoms with E-state index in [4.69, 9.17) is 17.3 Å². The lowest BCUT2D eigenvalue weighted by atomic mass is 10.0. The second-order valence-electron chi connectivity index (χ2n) is 8.12. The number of primary amides is 1. The number of rotatable bonds is 9. The van der Waals surface area contributed by atoms with Gasteiger partial charge in [-0.25, -0.2) is 31.3 Å². The first kappa shape index (κ1) is 28.4. The Balaban J connectivity index is 1.86. The fourth-order valence-electron chi connectivity index (χ4n) is 3.93. The molecule has 208 valence electrons. The second kappa shape index (κ2) is 10.8. The van der Waals surface area contributed by atoms with Crippen LogP contribution in [0.1, 0.15) is 58.6 Å². The molecule has 0 bridgehead atoms. The molecule has 0 aliphatic rings. The first-order chi connectivity index (χ1) is 18.3. The van der Waals surface area contributed by atoms with Crippen LogP contribution in [0.25, 0.3) is 21.3 Å². The fourth-order valence-corrected chi connectivity index (χ4v) is 5.25. The van der Waals surface area contributed by atoms with Gasteiger partial charge in [-0.2, -0.15) is 10.2 Å². The van der Waals surface area contributed by atoms with Crippen LogP contribution in [0.15, 0.2) is 12.3 Å². The van der Waals surface area contributed by atoms with Gasteiger partial charge >= 0.3 is 0 Å². The lowest BCUT2D eigenvalue weighted by Crippen LogP contribution is -2.23. The van der Waals surface area contributed by atoms with Crippen LogP contribution in [-0.4, -0.2) is 36.4 Å². The Morgan fingerprint density at radius 3 is 2.33 bits per heavy atom. The maximum absolute atomic E-state index is 13.7. The Labute approximate surface area is 224 Å². The summed E-state index contributed by atoms with van der Waals surface area (Å²) in [6.45, 7) is 2.89. The van der Waals surface area contributed by atoms with Crippen LogP contribution in [0.4, 0.5) is 32.0 Å². The van der Waals surface area contributed by atoms with Gasteiger partial charge in [-0.05, 0) is 25.5 Å². The third-order valence-corrected chi connectivity index (χ3v) is 7.10. The van der Waals surface area contributed by atoms with Gasteiger partial charge in [0.25, 0.3) is 25.2 Å². The highest BCUT2D eigenvalue weighted by Gasteiger charge is 2.30. The largest absolute Gasteiger partial charge is 0.365 e. The minimum absolute atomic E-state index is 0.0639. The fraction of sp³-hybridized carbons (Fsp3) is 0.318. The highest BCUT2D eigenvalue weighted by molar-refractivity contribution is 7.21. The molecular formula is C22H18ClF6N7O2S. The molecule has 0 radical (unpaired) electrons. The first-order valence-electron chi connectivity index (χ1n) is 11.1. The quantitative estimate of drug-likeness (QED) is 0.235. The van der Waals surface area contributed by atoms with Crippen LogP contribution < -0.4 is 11.1 Å². The van der Waals surface area contributed by atoms with E-state index in [0.717, 1.165) is 6.07 Å². The molecule has 0 spiro atoms. The summed E-state index contributed by atoms with van der Waals surface area (Å²) in [7, 11) is 0. The molecule has 0 saturated carbocycles. The summed E-state index contributed by atoms with van der Waals surface area (Å²) in [6.07, 6.45) is -8.02. The zero-order valence-corrected chi connectivity index (χ0v) is 21.6. The number of nitrogens with one attached hydrogen (secondary N) is 1. The van der Waals surface area contributed by atoms with Crippen molar-refractivity contribution in [2.24, 2.45) is 5.73 Å². The number of carbonyl (C=O) groups excluding carboxylic acids is 2. The lowest BCUT2D eigenvalue weighted by molar-refractivity contribution is -0.117. The summed E-state index contributed by atoms with van der Waals surface area (Å²) >= 11 is 6.27. The van der Waals surface area contributed by atoms with E-state index in [1.54, 1.807) is 24.7 Å². The number of hydrogen-bond acceptors (Lipinski definition) is 6. The van der Waals surface area contributed by atoms with Gasteiger partial charge in [-0.1, -0.05) is 11.6 Å². The molecule has 0 aromatic carbocycles. The smallest absolute Gasteiger partial charge is 0.283 e. The molecule has 0 aliphatic carbocycles.